The number of thiophene rings is 1. The molecule has 1 aliphatic rings. The van der Waals surface area contributed by atoms with Crippen LogP contribution in [0.15, 0.2) is 28.3 Å². The largest absolute Gasteiger partial charge is 0.325 e. The van der Waals surface area contributed by atoms with Crippen molar-refractivity contribution in [2.24, 2.45) is 7.05 Å². The van der Waals surface area contributed by atoms with E-state index >= 15 is 0 Å². The molecule has 0 radical (unpaired) electrons. The minimum atomic E-state index is -1.06. The Bertz CT molecular complexity index is 725. The zero-order valence-electron chi connectivity index (χ0n) is 11.5. The first-order chi connectivity index (χ1) is 9.90. The average Bonchev–Trinajstić information content (AvgIpc) is 3.08. The Hall–Kier alpha value is -1.67. The number of imide groups is 1. The van der Waals surface area contributed by atoms with Gasteiger partial charge in [-0.3, -0.25) is 14.4 Å². The SMILES string of the molecule is Cn1cc(C2(C)NC(=O)N(Cc3ccc(Br)s3)C2=O)cn1. The molecule has 21 heavy (non-hydrogen) atoms. The third-order valence-electron chi connectivity index (χ3n) is 3.50. The molecular formula is C13H13BrN4O2S. The number of carbonyl (C=O) groups excluding carboxylic acids is 2. The number of amides is 3. The highest BCUT2D eigenvalue weighted by molar-refractivity contribution is 9.11. The number of aromatic nitrogens is 2. The predicted molar refractivity (Wildman–Crippen MR) is 81.7 cm³/mol. The second kappa shape index (κ2) is 4.96. The van der Waals surface area contributed by atoms with E-state index in [2.05, 4.69) is 26.3 Å². The van der Waals surface area contributed by atoms with Gasteiger partial charge in [-0.2, -0.15) is 5.10 Å². The fraction of sp³-hybridized carbons (Fsp3) is 0.308. The Morgan fingerprint density at radius 3 is 2.76 bits per heavy atom. The van der Waals surface area contributed by atoms with E-state index in [1.54, 1.807) is 31.0 Å². The number of nitrogens with one attached hydrogen (secondary N) is 1. The first-order valence-electron chi connectivity index (χ1n) is 6.27. The van der Waals surface area contributed by atoms with E-state index in [0.29, 0.717) is 5.56 Å². The monoisotopic (exact) mass is 368 g/mol. The van der Waals surface area contributed by atoms with Crippen LogP contribution in [0.4, 0.5) is 4.79 Å². The van der Waals surface area contributed by atoms with Crippen LogP contribution in [0.3, 0.4) is 0 Å². The zero-order valence-corrected chi connectivity index (χ0v) is 13.9. The molecule has 0 aliphatic carbocycles. The van der Waals surface area contributed by atoms with Gasteiger partial charge < -0.3 is 5.32 Å². The molecule has 1 atom stereocenters. The van der Waals surface area contributed by atoms with E-state index < -0.39 is 5.54 Å². The summed E-state index contributed by atoms with van der Waals surface area (Å²) >= 11 is 4.88. The number of halogens is 1. The third kappa shape index (κ3) is 2.38. The molecule has 1 fully saturated rings. The number of urea groups is 1. The Morgan fingerprint density at radius 1 is 1.43 bits per heavy atom. The van der Waals surface area contributed by atoms with Gasteiger partial charge in [-0.25, -0.2) is 4.79 Å². The van der Waals surface area contributed by atoms with Crippen molar-refractivity contribution in [2.75, 3.05) is 0 Å². The predicted octanol–water partition coefficient (Wildman–Crippen LogP) is 2.21. The van der Waals surface area contributed by atoms with Gasteiger partial charge in [-0.15, -0.1) is 11.3 Å². The van der Waals surface area contributed by atoms with Crippen molar-refractivity contribution in [1.29, 1.82) is 0 Å². The quantitative estimate of drug-likeness (QED) is 0.844. The molecule has 6 nitrogen and oxygen atoms in total. The highest BCUT2D eigenvalue weighted by Crippen LogP contribution is 2.31. The summed E-state index contributed by atoms with van der Waals surface area (Å²) in [6.45, 7) is 1.98. The summed E-state index contributed by atoms with van der Waals surface area (Å²) < 4.78 is 2.58. The molecule has 0 spiro atoms. The maximum Gasteiger partial charge on any atom is 0.325 e. The van der Waals surface area contributed by atoms with Gasteiger partial charge in [0.05, 0.1) is 16.5 Å². The van der Waals surface area contributed by atoms with Crippen molar-refractivity contribution >= 4 is 39.2 Å². The van der Waals surface area contributed by atoms with Crippen LogP contribution in [0.1, 0.15) is 17.4 Å². The van der Waals surface area contributed by atoms with Gasteiger partial charge in [-0.1, -0.05) is 0 Å². The van der Waals surface area contributed by atoms with Crippen LogP contribution in [0.2, 0.25) is 0 Å². The van der Waals surface area contributed by atoms with Gasteiger partial charge in [-0.05, 0) is 35.0 Å². The van der Waals surface area contributed by atoms with Crippen molar-refractivity contribution in [2.45, 2.75) is 19.0 Å². The second-order valence-electron chi connectivity index (χ2n) is 5.05. The number of hydrogen-bond acceptors (Lipinski definition) is 4. The topological polar surface area (TPSA) is 67.2 Å². The highest BCUT2D eigenvalue weighted by Gasteiger charge is 2.49. The van der Waals surface area contributed by atoms with E-state index in [9.17, 15) is 9.59 Å². The lowest BCUT2D eigenvalue weighted by Crippen LogP contribution is -2.40. The van der Waals surface area contributed by atoms with E-state index in [1.807, 2.05) is 12.1 Å². The average molecular weight is 369 g/mol. The molecular weight excluding hydrogens is 356 g/mol. The maximum absolute atomic E-state index is 12.7. The van der Waals surface area contributed by atoms with Crippen LogP contribution >= 0.6 is 27.3 Å². The minimum Gasteiger partial charge on any atom is -0.319 e. The molecule has 3 rings (SSSR count). The third-order valence-corrected chi connectivity index (χ3v) is 5.11. The Balaban J connectivity index is 1.88. The van der Waals surface area contributed by atoms with Crippen LogP contribution in [-0.2, 0) is 23.9 Å². The van der Waals surface area contributed by atoms with Gasteiger partial charge in [0.1, 0.15) is 5.54 Å². The summed E-state index contributed by atoms with van der Waals surface area (Å²) in [5.41, 5.74) is -0.377. The van der Waals surface area contributed by atoms with Crippen LogP contribution in [0.5, 0.6) is 0 Å². The molecule has 0 aromatic carbocycles. The molecule has 0 bridgehead atoms. The number of aryl methyl sites for hydroxylation is 1. The first-order valence-corrected chi connectivity index (χ1v) is 7.88. The highest BCUT2D eigenvalue weighted by atomic mass is 79.9. The van der Waals surface area contributed by atoms with Gasteiger partial charge >= 0.3 is 6.03 Å². The molecule has 2 aromatic rings. The zero-order chi connectivity index (χ0) is 15.2. The summed E-state index contributed by atoms with van der Waals surface area (Å²) in [6.07, 6.45) is 3.34. The van der Waals surface area contributed by atoms with Crippen molar-refractivity contribution in [3.8, 4) is 0 Å². The molecule has 0 saturated carbocycles. The smallest absolute Gasteiger partial charge is 0.319 e. The Labute approximate surface area is 133 Å². The van der Waals surface area contributed by atoms with Crippen LogP contribution < -0.4 is 5.32 Å². The molecule has 3 amide bonds. The molecule has 3 heterocycles. The summed E-state index contributed by atoms with van der Waals surface area (Å²) in [5, 5.41) is 6.83. The van der Waals surface area contributed by atoms with Gasteiger partial charge in [0.15, 0.2) is 0 Å². The van der Waals surface area contributed by atoms with Gasteiger partial charge in [0, 0.05) is 23.7 Å². The number of carbonyl (C=O) groups is 2. The Kier molecular flexibility index (Phi) is 3.37. The molecule has 1 saturated heterocycles. The lowest BCUT2D eigenvalue weighted by Gasteiger charge is -2.19. The number of rotatable bonds is 3. The van der Waals surface area contributed by atoms with Crippen molar-refractivity contribution in [1.82, 2.24) is 20.0 Å². The fourth-order valence-electron chi connectivity index (χ4n) is 2.31. The molecule has 1 aliphatic heterocycles. The molecule has 1 unspecified atom stereocenters. The minimum absolute atomic E-state index is 0.259. The summed E-state index contributed by atoms with van der Waals surface area (Å²) in [6, 6.07) is 3.42. The van der Waals surface area contributed by atoms with Gasteiger partial charge in [0.25, 0.3) is 5.91 Å². The van der Waals surface area contributed by atoms with E-state index in [4.69, 9.17) is 0 Å². The lowest BCUT2D eigenvalue weighted by atomic mass is 9.95. The molecule has 1 N–H and O–H groups in total. The fourth-order valence-corrected chi connectivity index (χ4v) is 3.78. The number of hydrogen-bond donors (Lipinski definition) is 1. The summed E-state index contributed by atoms with van der Waals surface area (Å²) in [7, 11) is 1.77. The standard InChI is InChI=1S/C13H13BrN4O2S/c1-13(8-5-15-17(2)6-8)11(19)18(12(20)16-13)7-9-3-4-10(14)21-9/h3-6H,7H2,1-2H3,(H,16,20). The molecule has 8 heteroatoms. The van der Waals surface area contributed by atoms with Crippen molar-refractivity contribution in [3.63, 3.8) is 0 Å². The second-order valence-corrected chi connectivity index (χ2v) is 7.60. The normalized spacial score (nSPS) is 22.0. The molecule has 110 valence electrons. The first kappa shape index (κ1) is 14.3. The van der Waals surface area contributed by atoms with Crippen molar-refractivity contribution < 1.29 is 9.59 Å². The lowest BCUT2D eigenvalue weighted by molar-refractivity contribution is -0.131. The maximum atomic E-state index is 12.7. The van der Waals surface area contributed by atoms with Gasteiger partial charge in [0.2, 0.25) is 0 Å². The van der Waals surface area contributed by atoms with Crippen LogP contribution in [0.25, 0.3) is 0 Å². The van der Waals surface area contributed by atoms with E-state index in [1.165, 1.54) is 16.2 Å². The summed E-state index contributed by atoms with van der Waals surface area (Å²) in [5.74, 6) is -0.259. The molecule has 2 aromatic heterocycles. The number of nitrogens with zero attached hydrogens (tertiary/aromatic N) is 3. The summed E-state index contributed by atoms with van der Waals surface area (Å²) in [4.78, 5) is 27.0. The van der Waals surface area contributed by atoms with Crippen molar-refractivity contribution in [3.05, 3.63) is 38.8 Å². The Morgan fingerprint density at radius 2 is 2.19 bits per heavy atom. The van der Waals surface area contributed by atoms with Crippen LogP contribution in [0, 0.1) is 0 Å². The van der Waals surface area contributed by atoms with E-state index in [-0.39, 0.29) is 18.5 Å². The van der Waals surface area contributed by atoms with Crippen LogP contribution in [-0.4, -0.2) is 26.6 Å². The van der Waals surface area contributed by atoms with E-state index in [0.717, 1.165) is 8.66 Å².